The number of aliphatic hydroxyl groups is 2. The van der Waals surface area contributed by atoms with E-state index in [-0.39, 0.29) is 26.2 Å². The van der Waals surface area contributed by atoms with Crippen LogP contribution in [0.3, 0.4) is 0 Å². The van der Waals surface area contributed by atoms with Crippen molar-refractivity contribution in [1.29, 1.82) is 0 Å². The number of phosphoric acid groups is 1. The molecule has 0 bridgehead atoms. The maximum absolute atomic E-state index is 12.8. The van der Waals surface area contributed by atoms with E-state index >= 15 is 0 Å². The van der Waals surface area contributed by atoms with Gasteiger partial charge in [-0.25, -0.2) is 4.57 Å². The molecule has 0 fully saturated rings. The highest BCUT2D eigenvalue weighted by Crippen LogP contribution is 2.43. The summed E-state index contributed by atoms with van der Waals surface area (Å²) in [5.74, 6) is -0.408. The van der Waals surface area contributed by atoms with Crippen LogP contribution in [0.4, 0.5) is 0 Å². The zero-order valence-electron chi connectivity index (χ0n) is 35.6. The average Bonchev–Trinajstić information content (AvgIpc) is 3.15. The Hall–Kier alpha value is -0.540. The molecular formula is C44H91N2O7P. The molecule has 0 aromatic carbocycles. The number of phosphoric ester groups is 1. The normalized spacial score (nSPS) is 14.6. The highest BCUT2D eigenvalue weighted by atomic mass is 31.2. The SMILES string of the molecule is CCCCCCCCCCCCCCCCCCCC(O)C(COP(=O)(O)OCCN)NC(=O)CC(O)CCCCCCCCCCCCCCCCC. The summed E-state index contributed by atoms with van der Waals surface area (Å²) in [4.78, 5) is 22.8. The molecule has 0 aliphatic heterocycles. The van der Waals surface area contributed by atoms with Crippen LogP contribution < -0.4 is 11.1 Å². The zero-order chi connectivity index (χ0) is 39.8. The number of nitrogens with one attached hydrogen (secondary N) is 1. The van der Waals surface area contributed by atoms with E-state index in [0.29, 0.717) is 12.8 Å². The van der Waals surface area contributed by atoms with Crippen molar-refractivity contribution in [1.82, 2.24) is 5.32 Å². The Kier molecular flexibility index (Phi) is 40.2. The Bertz CT molecular complexity index is 837. The first-order chi connectivity index (χ1) is 26.3. The van der Waals surface area contributed by atoms with Gasteiger partial charge < -0.3 is 26.2 Å². The molecule has 9 nitrogen and oxygen atoms in total. The van der Waals surface area contributed by atoms with Crippen LogP contribution in [0, 0.1) is 0 Å². The van der Waals surface area contributed by atoms with Gasteiger partial charge in [0.2, 0.25) is 5.91 Å². The van der Waals surface area contributed by atoms with Crippen molar-refractivity contribution in [2.75, 3.05) is 19.8 Å². The minimum absolute atomic E-state index is 0.0628. The van der Waals surface area contributed by atoms with E-state index in [4.69, 9.17) is 14.8 Å². The lowest BCUT2D eigenvalue weighted by molar-refractivity contribution is -0.125. The van der Waals surface area contributed by atoms with Crippen LogP contribution in [0.15, 0.2) is 0 Å². The first kappa shape index (κ1) is 53.5. The number of amides is 1. The van der Waals surface area contributed by atoms with E-state index in [0.717, 1.165) is 38.5 Å². The van der Waals surface area contributed by atoms with Crippen molar-refractivity contribution in [3.05, 3.63) is 0 Å². The van der Waals surface area contributed by atoms with Gasteiger partial charge in [0.1, 0.15) is 0 Å². The molecule has 0 aromatic heterocycles. The second-order valence-corrected chi connectivity index (χ2v) is 17.6. The lowest BCUT2D eigenvalue weighted by Crippen LogP contribution is -2.47. The molecule has 4 atom stereocenters. The molecule has 0 aliphatic carbocycles. The zero-order valence-corrected chi connectivity index (χ0v) is 36.5. The molecular weight excluding hydrogens is 699 g/mol. The van der Waals surface area contributed by atoms with Crippen LogP contribution in [-0.4, -0.2) is 59.0 Å². The Balaban J connectivity index is 4.20. The maximum Gasteiger partial charge on any atom is 0.472 e. The van der Waals surface area contributed by atoms with Crippen LogP contribution in [-0.2, 0) is 18.4 Å². The van der Waals surface area contributed by atoms with Crippen LogP contribution >= 0.6 is 7.82 Å². The lowest BCUT2D eigenvalue weighted by atomic mass is 10.0. The number of hydrogen-bond donors (Lipinski definition) is 5. The van der Waals surface area contributed by atoms with E-state index in [1.165, 1.54) is 167 Å². The fourth-order valence-corrected chi connectivity index (χ4v) is 8.00. The Morgan fingerprint density at radius 3 is 1.24 bits per heavy atom. The molecule has 0 saturated carbocycles. The summed E-state index contributed by atoms with van der Waals surface area (Å²) in [6.07, 6.45) is 40.0. The van der Waals surface area contributed by atoms with Crippen LogP contribution in [0.5, 0.6) is 0 Å². The highest BCUT2D eigenvalue weighted by molar-refractivity contribution is 7.47. The third-order valence-corrected chi connectivity index (χ3v) is 11.7. The number of unbranched alkanes of at least 4 members (excludes halogenated alkanes) is 30. The van der Waals surface area contributed by atoms with E-state index in [2.05, 4.69) is 19.2 Å². The van der Waals surface area contributed by atoms with Gasteiger partial charge in [-0.1, -0.05) is 219 Å². The summed E-state index contributed by atoms with van der Waals surface area (Å²) in [7, 11) is -4.37. The van der Waals surface area contributed by atoms with Gasteiger partial charge >= 0.3 is 7.82 Å². The van der Waals surface area contributed by atoms with Crippen LogP contribution in [0.25, 0.3) is 0 Å². The maximum atomic E-state index is 12.8. The van der Waals surface area contributed by atoms with Crippen molar-refractivity contribution in [3.8, 4) is 0 Å². The van der Waals surface area contributed by atoms with E-state index in [1.54, 1.807) is 0 Å². The summed E-state index contributed by atoms with van der Waals surface area (Å²) in [5, 5.41) is 24.2. The highest BCUT2D eigenvalue weighted by Gasteiger charge is 2.28. The minimum Gasteiger partial charge on any atom is -0.393 e. The van der Waals surface area contributed by atoms with Gasteiger partial charge in [0.05, 0.1) is 37.9 Å². The topological polar surface area (TPSA) is 151 Å². The van der Waals surface area contributed by atoms with E-state index in [1.807, 2.05) is 0 Å². The van der Waals surface area contributed by atoms with Crippen LogP contribution in [0.2, 0.25) is 0 Å². The molecule has 0 radical (unpaired) electrons. The number of carbonyl (C=O) groups excluding carboxylic acids is 1. The molecule has 0 saturated heterocycles. The summed E-state index contributed by atoms with van der Waals surface area (Å²) in [6, 6.07) is -0.890. The smallest absolute Gasteiger partial charge is 0.393 e. The second kappa shape index (κ2) is 40.6. The molecule has 1 amide bonds. The first-order valence-electron chi connectivity index (χ1n) is 23.2. The fourth-order valence-electron chi connectivity index (χ4n) is 7.24. The molecule has 0 aromatic rings. The first-order valence-corrected chi connectivity index (χ1v) is 24.7. The molecule has 0 aliphatic rings. The van der Waals surface area contributed by atoms with Gasteiger partial charge in [0.15, 0.2) is 0 Å². The average molecular weight is 791 g/mol. The van der Waals surface area contributed by atoms with Crippen molar-refractivity contribution < 1.29 is 33.5 Å². The van der Waals surface area contributed by atoms with Gasteiger partial charge in [-0.2, -0.15) is 0 Å². The number of aliphatic hydroxyl groups excluding tert-OH is 2. The minimum atomic E-state index is -4.37. The number of hydrogen-bond acceptors (Lipinski definition) is 7. The molecule has 324 valence electrons. The molecule has 0 rings (SSSR count). The van der Waals surface area contributed by atoms with Crippen molar-refractivity contribution >= 4 is 13.7 Å². The quantitative estimate of drug-likeness (QED) is 0.0302. The molecule has 0 spiro atoms. The fraction of sp³-hybridized carbons (Fsp3) is 0.977. The monoisotopic (exact) mass is 791 g/mol. The Morgan fingerprint density at radius 1 is 0.556 bits per heavy atom. The Morgan fingerprint density at radius 2 is 0.889 bits per heavy atom. The van der Waals surface area contributed by atoms with Gasteiger partial charge in [-0.3, -0.25) is 13.8 Å². The van der Waals surface area contributed by atoms with E-state index in [9.17, 15) is 24.5 Å². The third-order valence-electron chi connectivity index (χ3n) is 10.8. The predicted molar refractivity (Wildman–Crippen MR) is 228 cm³/mol. The summed E-state index contributed by atoms with van der Waals surface area (Å²) >= 11 is 0. The molecule has 0 heterocycles. The standard InChI is InChI=1S/C44H91N2O7P/c1-3-5-7-9-11-13-15-17-19-20-22-24-26-28-30-32-34-36-43(48)42(40-53-54(50,51)52-38-37-45)46-44(49)39-41(47)35-33-31-29-27-25-23-21-18-16-14-12-10-8-6-4-2/h41-43,47-48H,3-40,45H2,1-2H3,(H,46,49)(H,50,51). The lowest BCUT2D eigenvalue weighted by Gasteiger charge is -2.25. The van der Waals surface area contributed by atoms with Gasteiger partial charge in [0.25, 0.3) is 0 Å². The van der Waals surface area contributed by atoms with Crippen molar-refractivity contribution in [2.24, 2.45) is 5.73 Å². The largest absolute Gasteiger partial charge is 0.472 e. The molecule has 4 unspecified atom stereocenters. The number of rotatable bonds is 44. The summed E-state index contributed by atoms with van der Waals surface area (Å²) in [6.45, 7) is 4.08. The summed E-state index contributed by atoms with van der Waals surface area (Å²) in [5.41, 5.74) is 5.38. The van der Waals surface area contributed by atoms with Gasteiger partial charge in [-0.05, 0) is 12.8 Å². The van der Waals surface area contributed by atoms with Gasteiger partial charge in [-0.15, -0.1) is 0 Å². The second-order valence-electron chi connectivity index (χ2n) is 16.2. The third kappa shape index (κ3) is 38.3. The van der Waals surface area contributed by atoms with Gasteiger partial charge in [0, 0.05) is 6.54 Å². The molecule has 54 heavy (non-hydrogen) atoms. The van der Waals surface area contributed by atoms with Crippen molar-refractivity contribution in [2.45, 2.75) is 257 Å². The van der Waals surface area contributed by atoms with Crippen LogP contribution in [0.1, 0.15) is 239 Å². The number of nitrogens with two attached hydrogens (primary N) is 1. The Labute approximate surface area is 334 Å². The number of carbonyl (C=O) groups is 1. The molecule has 10 heteroatoms. The van der Waals surface area contributed by atoms with Crippen molar-refractivity contribution in [3.63, 3.8) is 0 Å². The van der Waals surface area contributed by atoms with E-state index < -0.39 is 32.0 Å². The summed E-state index contributed by atoms with van der Waals surface area (Å²) < 4.78 is 22.2. The molecule has 6 N–H and O–H groups in total. The predicted octanol–water partition coefficient (Wildman–Crippen LogP) is 12.0.